The summed E-state index contributed by atoms with van der Waals surface area (Å²) in [6.07, 6.45) is 12.4. The molecule has 15 nitrogen and oxygen atoms in total. The largest absolute Gasteiger partial charge is 0.443 e. The number of anilines is 3. The van der Waals surface area contributed by atoms with Crippen LogP contribution in [0.1, 0.15) is 112 Å². The van der Waals surface area contributed by atoms with Crippen molar-refractivity contribution >= 4 is 53.4 Å². The van der Waals surface area contributed by atoms with Gasteiger partial charge in [-0.2, -0.15) is 4.39 Å². The zero-order valence-corrected chi connectivity index (χ0v) is 41.3. The van der Waals surface area contributed by atoms with Gasteiger partial charge in [0.2, 0.25) is 17.8 Å². The van der Waals surface area contributed by atoms with Gasteiger partial charge < -0.3 is 19.9 Å². The minimum Gasteiger partial charge on any atom is -0.443 e. The number of aromatic nitrogens is 3. The Labute approximate surface area is 410 Å². The molecule has 0 saturated carbocycles. The summed E-state index contributed by atoms with van der Waals surface area (Å²) < 4.78 is 22.9. The number of likely N-dealkylation sites (tertiary alicyclic amines) is 2. The summed E-state index contributed by atoms with van der Waals surface area (Å²) in [4.78, 5) is 71.6. The zero-order chi connectivity index (χ0) is 49.3. The highest BCUT2D eigenvalue weighted by atomic mass is 19.1. The molecule has 70 heavy (non-hydrogen) atoms. The molecule has 368 valence electrons. The first-order valence-corrected chi connectivity index (χ1v) is 25.0. The maximum Gasteiger partial charge on any atom is 0.415 e. The Morgan fingerprint density at radius 2 is 1.66 bits per heavy atom. The van der Waals surface area contributed by atoms with Crippen LogP contribution in [0.3, 0.4) is 0 Å². The van der Waals surface area contributed by atoms with E-state index in [1.54, 1.807) is 19.2 Å². The summed E-state index contributed by atoms with van der Waals surface area (Å²) in [6, 6.07) is 17.2. The fourth-order valence-corrected chi connectivity index (χ4v) is 10.6. The van der Waals surface area contributed by atoms with Crippen LogP contribution in [0.2, 0.25) is 0 Å². The lowest BCUT2D eigenvalue weighted by atomic mass is 9.87. The molecule has 4 fully saturated rings. The lowest BCUT2D eigenvalue weighted by Crippen LogP contribution is -2.47. The van der Waals surface area contributed by atoms with Crippen molar-refractivity contribution < 1.29 is 32.9 Å². The number of carbonyl (C=O) groups is 4. The molecule has 3 aromatic heterocycles. The van der Waals surface area contributed by atoms with E-state index in [2.05, 4.69) is 73.2 Å². The average Bonchev–Trinajstić information content (AvgIpc) is 3.70. The van der Waals surface area contributed by atoms with Crippen molar-refractivity contribution in [3.8, 4) is 11.1 Å². The van der Waals surface area contributed by atoms with Gasteiger partial charge in [-0.05, 0) is 138 Å². The quantitative estimate of drug-likeness (QED) is 0.0923. The van der Waals surface area contributed by atoms with Crippen LogP contribution in [0.15, 0.2) is 72.6 Å². The molecule has 0 bridgehead atoms. The van der Waals surface area contributed by atoms with E-state index in [4.69, 9.17) is 9.72 Å². The Morgan fingerprint density at radius 1 is 0.929 bits per heavy atom. The van der Waals surface area contributed by atoms with E-state index in [0.29, 0.717) is 43.0 Å². The van der Waals surface area contributed by atoms with Crippen molar-refractivity contribution in [2.24, 2.45) is 5.92 Å². The number of hydrogen-bond acceptors (Lipinski definition) is 11. The fraction of sp³-hybridized carbons (Fsp3) is 0.481. The minimum atomic E-state index is -0.673. The molecule has 1 aliphatic carbocycles. The molecule has 2 unspecified atom stereocenters. The Morgan fingerprint density at radius 3 is 2.31 bits per heavy atom. The molecule has 1 aromatic carbocycles. The van der Waals surface area contributed by atoms with E-state index in [0.717, 1.165) is 92.9 Å². The van der Waals surface area contributed by atoms with Gasteiger partial charge in [-0.15, -0.1) is 0 Å². The van der Waals surface area contributed by atoms with Crippen molar-refractivity contribution in [3.63, 3.8) is 0 Å². The van der Waals surface area contributed by atoms with Gasteiger partial charge in [0.05, 0.1) is 24.5 Å². The predicted octanol–water partition coefficient (Wildman–Crippen LogP) is 7.49. The van der Waals surface area contributed by atoms with Crippen molar-refractivity contribution in [2.75, 3.05) is 74.5 Å². The second-order valence-electron chi connectivity index (χ2n) is 20.5. The Kier molecular flexibility index (Phi) is 14.1. The molecule has 4 amide bonds. The van der Waals surface area contributed by atoms with E-state index in [1.165, 1.54) is 16.0 Å². The van der Waals surface area contributed by atoms with E-state index in [-0.39, 0.29) is 35.9 Å². The lowest BCUT2D eigenvalue weighted by molar-refractivity contribution is -0.527. The smallest absolute Gasteiger partial charge is 0.415 e. The molecule has 16 heteroatoms. The Hall–Kier alpha value is -6.55. The number of piperidine rings is 3. The van der Waals surface area contributed by atoms with E-state index in [9.17, 15) is 23.6 Å². The van der Waals surface area contributed by atoms with Crippen LogP contribution in [0, 0.1) is 11.9 Å². The molecular weight excluding hydrogens is 888 g/mol. The lowest BCUT2D eigenvalue weighted by Gasteiger charge is -2.37. The molecule has 2 N–H and O–H groups in total. The highest BCUT2D eigenvalue weighted by Gasteiger charge is 2.34. The number of nitrogens with one attached hydrogen (secondary N) is 2. The highest BCUT2D eigenvalue weighted by Crippen LogP contribution is 2.43. The number of halogens is 1. The third-order valence-electron chi connectivity index (χ3n) is 14.8. The number of fused-ring (bicyclic) bond motifs is 1. The molecule has 3 atom stereocenters. The van der Waals surface area contributed by atoms with Crippen LogP contribution >= 0.6 is 0 Å². The number of carbonyl (C=O) groups excluding carboxylic acids is 4. The average molecular weight is 954 g/mol. The monoisotopic (exact) mass is 954 g/mol. The maximum atomic E-state index is 15.0. The van der Waals surface area contributed by atoms with Crippen molar-refractivity contribution in [1.82, 2.24) is 30.1 Å². The van der Waals surface area contributed by atoms with Gasteiger partial charge in [0, 0.05) is 73.5 Å². The fourth-order valence-electron chi connectivity index (χ4n) is 10.6. The number of hydrogen-bond donors (Lipinski definition) is 2. The number of benzene rings is 1. The standard InChI is InChI=1S/C54H65FN10O5/c1-34-42(31-43-41(17-22-56-49(34)43)40-11-14-46(57-32-40)61(6)53(69)70-54(3,4)5)35(2)63-25-20-38(21-26-63)37-7-9-39(10-8-37)52(68)65-23-18-36(19-24-65)33-62-27-29-64(30-28-62)47-15-12-44(50(55)59-47)58-45-13-16-48(66)60-51(45)67/h7-12,14-15,17,22,31-36,38,45,58H,13,16,18-21,23-30H2,1-6H3/p+1/t34?,35-,45?/m0/s1. The minimum absolute atomic E-state index is 0.0944. The van der Waals surface area contributed by atoms with E-state index < -0.39 is 29.6 Å². The molecule has 9 rings (SSSR count). The summed E-state index contributed by atoms with van der Waals surface area (Å²) in [5, 5.41) is 5.17. The maximum absolute atomic E-state index is 15.0. The summed E-state index contributed by atoms with van der Waals surface area (Å²) >= 11 is 0. The summed E-state index contributed by atoms with van der Waals surface area (Å²) in [6.45, 7) is 16.5. The van der Waals surface area contributed by atoms with Gasteiger partial charge in [0.25, 0.3) is 5.91 Å². The van der Waals surface area contributed by atoms with Gasteiger partial charge >= 0.3 is 6.09 Å². The molecule has 0 radical (unpaired) electrons. The number of ether oxygens (including phenoxy) is 1. The first kappa shape index (κ1) is 48.5. The molecule has 4 aliphatic heterocycles. The zero-order valence-electron chi connectivity index (χ0n) is 41.3. The number of pyridine rings is 3. The van der Waals surface area contributed by atoms with Gasteiger partial charge in [-0.25, -0.2) is 19.3 Å². The number of rotatable bonds is 10. The van der Waals surface area contributed by atoms with Crippen LogP contribution in [-0.2, 0) is 14.3 Å². The third kappa shape index (κ3) is 10.8. The Bertz CT molecular complexity index is 2660. The summed E-state index contributed by atoms with van der Waals surface area (Å²) in [5.41, 5.74) is 7.21. The summed E-state index contributed by atoms with van der Waals surface area (Å²) in [7, 11) is 1.67. The molecule has 4 saturated heterocycles. The topological polar surface area (TPSA) is 156 Å². The third-order valence-corrected chi connectivity index (χ3v) is 14.8. The van der Waals surface area contributed by atoms with E-state index >= 15 is 0 Å². The van der Waals surface area contributed by atoms with Gasteiger partial charge in [-0.3, -0.25) is 34.5 Å². The number of nitrogens with zero attached hydrogens (tertiary/aromatic N) is 8. The molecule has 0 spiro atoms. The van der Waals surface area contributed by atoms with Crippen LogP contribution in [-0.4, -0.2) is 136 Å². The molecule has 4 aromatic rings. The van der Waals surface area contributed by atoms with Crippen LogP contribution in [0.5, 0.6) is 0 Å². The van der Waals surface area contributed by atoms with E-state index in [1.807, 2.05) is 68.4 Å². The number of amides is 4. The number of imide groups is 1. The van der Waals surface area contributed by atoms with Crippen LogP contribution in [0.4, 0.5) is 26.5 Å². The van der Waals surface area contributed by atoms with Crippen LogP contribution in [0.25, 0.3) is 17.2 Å². The second kappa shape index (κ2) is 20.4. The molecule has 7 heterocycles. The highest BCUT2D eigenvalue weighted by molar-refractivity contribution is 6.01. The van der Waals surface area contributed by atoms with Crippen LogP contribution < -0.4 is 20.4 Å². The summed E-state index contributed by atoms with van der Waals surface area (Å²) in [5.74, 6) is 0.752. The predicted molar refractivity (Wildman–Crippen MR) is 269 cm³/mol. The normalized spacial score (nSPS) is 20.9. The number of piperazine rings is 1. The second-order valence-corrected chi connectivity index (χ2v) is 20.5. The molecule has 5 aliphatic rings. The molecular formula is C54H66FN10O5+. The Balaban J connectivity index is 0.725. The first-order valence-electron chi connectivity index (χ1n) is 25.0. The van der Waals surface area contributed by atoms with Gasteiger partial charge in [0.1, 0.15) is 29.5 Å². The van der Waals surface area contributed by atoms with Crippen molar-refractivity contribution in [3.05, 3.63) is 101 Å². The van der Waals surface area contributed by atoms with Gasteiger partial charge in [-0.1, -0.05) is 25.1 Å². The SMILES string of the molecule is CC1C([C@H](C)N2CCC(c3ccc(C(=O)N4CCC(C=[N+]5CCN(c6ccc(NC7CCC(=O)NC7=O)c(F)n6)CC5)CC4)cc3)CC2)=Cc2c(-c3ccc(N(C)C(=O)OC(C)(C)C)nc3)ccnc21. The first-order chi connectivity index (χ1) is 33.6. The van der Waals surface area contributed by atoms with Gasteiger partial charge in [0.15, 0.2) is 13.1 Å². The van der Waals surface area contributed by atoms with Crippen molar-refractivity contribution in [2.45, 2.75) is 103 Å². The van der Waals surface area contributed by atoms with Crippen molar-refractivity contribution in [1.29, 1.82) is 0 Å².